The lowest BCUT2D eigenvalue weighted by Gasteiger charge is -2.13. The van der Waals surface area contributed by atoms with Gasteiger partial charge in [0, 0.05) is 0 Å². The molecule has 1 heterocycles. The fourth-order valence-corrected chi connectivity index (χ4v) is 2.68. The van der Waals surface area contributed by atoms with E-state index in [1.54, 1.807) is 11.4 Å². The Hall–Kier alpha value is -2.63. The van der Waals surface area contributed by atoms with Crippen LogP contribution in [0.3, 0.4) is 0 Å². The molecular weight excluding hydrogens is 371 g/mol. The third kappa shape index (κ3) is 5.17. The lowest BCUT2D eigenvalue weighted by atomic mass is 10.3. The summed E-state index contributed by atoms with van der Waals surface area (Å²) in [4.78, 5) is 23.7. The number of esters is 1. The highest BCUT2D eigenvalue weighted by atomic mass is 35.5. The Kier molecular flexibility index (Phi) is 6.33. The molecule has 1 atom stereocenters. The number of amides is 1. The molecule has 1 N–H and O–H groups in total. The van der Waals surface area contributed by atoms with E-state index in [1.165, 1.54) is 24.3 Å². The predicted octanol–water partition coefficient (Wildman–Crippen LogP) is 3.36. The number of thiophene rings is 1. The molecule has 25 heavy (non-hydrogen) atoms. The van der Waals surface area contributed by atoms with Crippen LogP contribution in [0.1, 0.15) is 12.5 Å². The van der Waals surface area contributed by atoms with Crippen molar-refractivity contribution in [2.75, 3.05) is 11.9 Å². The molecule has 6 nitrogen and oxygen atoms in total. The predicted molar refractivity (Wildman–Crippen MR) is 90.1 cm³/mol. The highest BCUT2D eigenvalue weighted by Crippen LogP contribution is 2.25. The van der Waals surface area contributed by atoms with Gasteiger partial charge in [0.2, 0.25) is 0 Å². The van der Waals surface area contributed by atoms with Gasteiger partial charge >= 0.3 is 5.97 Å². The second-order valence-corrected chi connectivity index (χ2v) is 6.08. The van der Waals surface area contributed by atoms with E-state index >= 15 is 0 Å². The molecule has 0 saturated heterocycles. The molecule has 2 rings (SSSR count). The SMILES string of the molecule is C[C@H](OC(=O)COc1ccc(F)cc1Cl)C(=O)Nc1sccc1C#N. The van der Waals surface area contributed by atoms with Gasteiger partial charge in [0.25, 0.3) is 5.91 Å². The fourth-order valence-electron chi connectivity index (χ4n) is 1.72. The molecule has 130 valence electrons. The number of benzene rings is 1. The van der Waals surface area contributed by atoms with Gasteiger partial charge in [-0.05, 0) is 36.6 Å². The van der Waals surface area contributed by atoms with Crippen molar-refractivity contribution < 1.29 is 23.5 Å². The average molecular weight is 383 g/mol. The zero-order valence-corrected chi connectivity index (χ0v) is 14.5. The van der Waals surface area contributed by atoms with Crippen LogP contribution in [-0.4, -0.2) is 24.6 Å². The van der Waals surface area contributed by atoms with Gasteiger partial charge in [-0.3, -0.25) is 4.79 Å². The normalized spacial score (nSPS) is 11.3. The van der Waals surface area contributed by atoms with Crippen LogP contribution in [-0.2, 0) is 14.3 Å². The molecule has 0 spiro atoms. The fraction of sp³-hybridized carbons (Fsp3) is 0.188. The maximum atomic E-state index is 12.9. The van der Waals surface area contributed by atoms with E-state index in [2.05, 4.69) is 5.32 Å². The van der Waals surface area contributed by atoms with Crippen LogP contribution in [0, 0.1) is 17.1 Å². The standard InChI is InChI=1S/C16H12ClFN2O4S/c1-9(15(22)20-16-10(7-19)4-5-25-16)24-14(21)8-23-13-3-2-11(18)6-12(13)17/h2-6,9H,8H2,1H3,(H,20,22)/t9-/m0/s1. The van der Waals surface area contributed by atoms with Crippen LogP contribution in [0.2, 0.25) is 5.02 Å². The molecule has 0 unspecified atom stereocenters. The zero-order chi connectivity index (χ0) is 18.4. The smallest absolute Gasteiger partial charge is 0.344 e. The average Bonchev–Trinajstić information content (AvgIpc) is 3.01. The number of carbonyl (C=O) groups excluding carboxylic acids is 2. The van der Waals surface area contributed by atoms with Gasteiger partial charge < -0.3 is 14.8 Å². The summed E-state index contributed by atoms with van der Waals surface area (Å²) in [5, 5.41) is 13.5. The molecule has 0 saturated carbocycles. The Morgan fingerprint density at radius 2 is 2.20 bits per heavy atom. The highest BCUT2D eigenvalue weighted by Gasteiger charge is 2.20. The van der Waals surface area contributed by atoms with Crippen LogP contribution < -0.4 is 10.1 Å². The largest absolute Gasteiger partial charge is 0.480 e. The molecular formula is C16H12ClFN2O4S. The Bertz CT molecular complexity index is 834. The van der Waals surface area contributed by atoms with E-state index in [4.69, 9.17) is 26.3 Å². The van der Waals surface area contributed by atoms with Crippen molar-refractivity contribution >= 4 is 39.8 Å². The molecule has 9 heteroatoms. The third-order valence-electron chi connectivity index (χ3n) is 2.94. The van der Waals surface area contributed by atoms with Gasteiger partial charge in [-0.1, -0.05) is 11.6 Å². The van der Waals surface area contributed by atoms with Crippen molar-refractivity contribution in [3.63, 3.8) is 0 Å². The lowest BCUT2D eigenvalue weighted by molar-refractivity contribution is -0.155. The first kappa shape index (κ1) is 18.7. The summed E-state index contributed by atoms with van der Waals surface area (Å²) in [7, 11) is 0. The Morgan fingerprint density at radius 1 is 1.44 bits per heavy atom. The first-order chi connectivity index (χ1) is 11.9. The van der Waals surface area contributed by atoms with Crippen molar-refractivity contribution in [2.45, 2.75) is 13.0 Å². The molecule has 0 aliphatic heterocycles. The Balaban J connectivity index is 1.85. The maximum absolute atomic E-state index is 12.9. The molecule has 1 amide bonds. The van der Waals surface area contributed by atoms with E-state index in [1.807, 2.05) is 6.07 Å². The van der Waals surface area contributed by atoms with Crippen molar-refractivity contribution in [3.05, 3.63) is 46.0 Å². The van der Waals surface area contributed by atoms with Gasteiger partial charge in [0.05, 0.1) is 10.6 Å². The topological polar surface area (TPSA) is 88.4 Å². The molecule has 0 aliphatic rings. The van der Waals surface area contributed by atoms with Crippen molar-refractivity contribution in [1.82, 2.24) is 0 Å². The number of hydrogen-bond donors (Lipinski definition) is 1. The van der Waals surface area contributed by atoms with Gasteiger partial charge in [-0.15, -0.1) is 11.3 Å². The second kappa shape index (κ2) is 8.46. The molecule has 2 aromatic rings. The number of nitrogens with zero attached hydrogens (tertiary/aromatic N) is 1. The molecule has 1 aromatic carbocycles. The summed E-state index contributed by atoms with van der Waals surface area (Å²) in [5.74, 6) is -1.79. The summed E-state index contributed by atoms with van der Waals surface area (Å²) in [6.07, 6.45) is -1.09. The number of nitrogens with one attached hydrogen (secondary N) is 1. The van der Waals surface area contributed by atoms with E-state index in [9.17, 15) is 14.0 Å². The number of ether oxygens (including phenoxy) is 2. The summed E-state index contributed by atoms with van der Waals surface area (Å²) in [6, 6.07) is 6.97. The zero-order valence-electron chi connectivity index (χ0n) is 12.9. The van der Waals surface area contributed by atoms with Crippen LogP contribution in [0.25, 0.3) is 0 Å². The maximum Gasteiger partial charge on any atom is 0.344 e. The highest BCUT2D eigenvalue weighted by molar-refractivity contribution is 7.14. The lowest BCUT2D eigenvalue weighted by Crippen LogP contribution is -2.31. The number of nitriles is 1. The first-order valence-corrected chi connectivity index (χ1v) is 8.22. The van der Waals surface area contributed by atoms with E-state index in [0.29, 0.717) is 10.6 Å². The van der Waals surface area contributed by atoms with Gasteiger partial charge in [0.1, 0.15) is 22.6 Å². The Morgan fingerprint density at radius 3 is 2.88 bits per heavy atom. The summed E-state index contributed by atoms with van der Waals surface area (Å²) in [6.45, 7) is 0.892. The third-order valence-corrected chi connectivity index (χ3v) is 4.06. The number of carbonyl (C=O) groups is 2. The van der Waals surface area contributed by atoms with Crippen LogP contribution in [0.4, 0.5) is 9.39 Å². The number of rotatable bonds is 6. The van der Waals surface area contributed by atoms with E-state index in [-0.39, 0.29) is 10.8 Å². The monoisotopic (exact) mass is 382 g/mol. The van der Waals surface area contributed by atoms with Crippen LogP contribution >= 0.6 is 22.9 Å². The minimum atomic E-state index is -1.09. The molecule has 0 bridgehead atoms. The van der Waals surface area contributed by atoms with Crippen molar-refractivity contribution in [2.24, 2.45) is 0 Å². The van der Waals surface area contributed by atoms with Crippen molar-refractivity contribution in [3.8, 4) is 11.8 Å². The summed E-state index contributed by atoms with van der Waals surface area (Å²) < 4.78 is 23.0. The molecule has 0 fully saturated rings. The summed E-state index contributed by atoms with van der Waals surface area (Å²) in [5.41, 5.74) is 0.325. The molecule has 0 aliphatic carbocycles. The van der Waals surface area contributed by atoms with Crippen molar-refractivity contribution in [1.29, 1.82) is 5.26 Å². The molecule has 0 radical (unpaired) electrons. The van der Waals surface area contributed by atoms with Crippen LogP contribution in [0.5, 0.6) is 5.75 Å². The Labute approximate surface area is 151 Å². The minimum Gasteiger partial charge on any atom is -0.480 e. The van der Waals surface area contributed by atoms with Crippen LogP contribution in [0.15, 0.2) is 29.6 Å². The van der Waals surface area contributed by atoms with E-state index in [0.717, 1.165) is 12.1 Å². The first-order valence-electron chi connectivity index (χ1n) is 6.96. The number of halogens is 2. The number of hydrogen-bond acceptors (Lipinski definition) is 6. The quantitative estimate of drug-likeness (QED) is 0.774. The number of anilines is 1. The second-order valence-electron chi connectivity index (χ2n) is 4.76. The van der Waals surface area contributed by atoms with E-state index < -0.39 is 30.4 Å². The van der Waals surface area contributed by atoms with Gasteiger partial charge in [-0.25, -0.2) is 9.18 Å². The summed E-state index contributed by atoms with van der Waals surface area (Å²) >= 11 is 6.95. The molecule has 1 aromatic heterocycles. The minimum absolute atomic E-state index is 0.0142. The van der Waals surface area contributed by atoms with Gasteiger partial charge in [-0.2, -0.15) is 5.26 Å². The van der Waals surface area contributed by atoms with Gasteiger partial charge in [0.15, 0.2) is 12.7 Å².